The summed E-state index contributed by atoms with van der Waals surface area (Å²) in [6.45, 7) is 2.43. The molecule has 0 saturated carbocycles. The van der Waals surface area contributed by atoms with E-state index in [-0.39, 0.29) is 16.9 Å². The van der Waals surface area contributed by atoms with Crippen molar-refractivity contribution in [1.82, 2.24) is 10.6 Å². The van der Waals surface area contributed by atoms with E-state index in [0.717, 1.165) is 6.42 Å². The average Bonchev–Trinajstić information content (AvgIpc) is 2.73. The van der Waals surface area contributed by atoms with Crippen LogP contribution in [0.2, 0.25) is 0 Å². The summed E-state index contributed by atoms with van der Waals surface area (Å²) < 4.78 is 25.3. The van der Waals surface area contributed by atoms with E-state index < -0.39 is 11.7 Å². The molecule has 2 aromatic rings. The molecule has 1 amide bonds. The van der Waals surface area contributed by atoms with Gasteiger partial charge in [0.15, 0.2) is 0 Å². The lowest BCUT2D eigenvalue weighted by Gasteiger charge is -2.18. The van der Waals surface area contributed by atoms with Crippen LogP contribution in [0.1, 0.15) is 18.9 Å². The van der Waals surface area contributed by atoms with E-state index in [1.54, 1.807) is 25.2 Å². The van der Waals surface area contributed by atoms with Crippen LogP contribution < -0.4 is 31.6 Å². The van der Waals surface area contributed by atoms with E-state index in [2.05, 4.69) is 10.6 Å². The van der Waals surface area contributed by atoms with Crippen LogP contribution in [0.25, 0.3) is 16.8 Å². The van der Waals surface area contributed by atoms with Gasteiger partial charge in [-0.3, -0.25) is 4.79 Å². The van der Waals surface area contributed by atoms with Crippen LogP contribution in [0.4, 0.5) is 10.1 Å². The van der Waals surface area contributed by atoms with Gasteiger partial charge in [-0.15, -0.1) is 0 Å². The Morgan fingerprint density at radius 3 is 2.28 bits per heavy atom. The largest absolute Gasteiger partial charge is 0.497 e. The number of amides is 1. The number of hydrogen-bond donors (Lipinski definition) is 4. The van der Waals surface area contributed by atoms with Crippen molar-refractivity contribution in [3.63, 3.8) is 0 Å². The first kappa shape index (κ1) is 21.9. The first-order chi connectivity index (χ1) is 13.9. The number of methoxy groups -OCH3 is 2. The van der Waals surface area contributed by atoms with E-state index >= 15 is 0 Å². The van der Waals surface area contributed by atoms with Crippen molar-refractivity contribution in [3.8, 4) is 22.6 Å². The standard InChI is InChI=1S/C21H27FN4O3/c1-5-8-26-21(27)19(24)20(25-2)15-6-7-16(22)17(18(15)23)12-9-13(28-3)11-14(10-12)29-4/h6-7,9-11,25H,5,8,23-24H2,1-4H3,(H,26,27)/b20-19+. The van der Waals surface area contributed by atoms with E-state index in [4.69, 9.17) is 20.9 Å². The number of anilines is 1. The second-order valence-electron chi connectivity index (χ2n) is 6.28. The maximum absolute atomic E-state index is 14.8. The van der Waals surface area contributed by atoms with Crippen molar-refractivity contribution < 1.29 is 18.7 Å². The zero-order chi connectivity index (χ0) is 21.6. The van der Waals surface area contributed by atoms with Gasteiger partial charge >= 0.3 is 0 Å². The zero-order valence-corrected chi connectivity index (χ0v) is 17.1. The molecule has 0 aromatic heterocycles. The minimum absolute atomic E-state index is 0.0339. The maximum Gasteiger partial charge on any atom is 0.269 e. The zero-order valence-electron chi connectivity index (χ0n) is 17.1. The third-order valence-electron chi connectivity index (χ3n) is 4.40. The van der Waals surface area contributed by atoms with Crippen molar-refractivity contribution in [2.24, 2.45) is 5.73 Å². The Kier molecular flexibility index (Phi) is 7.30. The number of nitrogens with two attached hydrogens (primary N) is 2. The predicted molar refractivity (Wildman–Crippen MR) is 113 cm³/mol. The predicted octanol–water partition coefficient (Wildman–Crippen LogP) is 2.47. The number of benzene rings is 2. The van der Waals surface area contributed by atoms with E-state index in [1.165, 1.54) is 26.4 Å². The van der Waals surface area contributed by atoms with Gasteiger partial charge in [0.25, 0.3) is 5.91 Å². The van der Waals surface area contributed by atoms with Gasteiger partial charge in [-0.2, -0.15) is 0 Å². The topological polar surface area (TPSA) is 112 Å². The molecule has 0 heterocycles. The summed E-state index contributed by atoms with van der Waals surface area (Å²) in [6, 6.07) is 7.75. The van der Waals surface area contributed by atoms with Crippen LogP contribution in [-0.2, 0) is 4.79 Å². The van der Waals surface area contributed by atoms with Gasteiger partial charge in [0.1, 0.15) is 23.0 Å². The Morgan fingerprint density at radius 2 is 1.76 bits per heavy atom. The average molecular weight is 402 g/mol. The lowest BCUT2D eigenvalue weighted by atomic mass is 9.97. The Morgan fingerprint density at radius 1 is 1.14 bits per heavy atom. The number of carbonyl (C=O) groups is 1. The first-order valence-corrected chi connectivity index (χ1v) is 9.15. The van der Waals surface area contributed by atoms with Crippen molar-refractivity contribution >= 4 is 17.3 Å². The highest BCUT2D eigenvalue weighted by Gasteiger charge is 2.20. The molecule has 0 aliphatic heterocycles. The fourth-order valence-electron chi connectivity index (χ4n) is 2.92. The molecule has 0 aliphatic carbocycles. The summed E-state index contributed by atoms with van der Waals surface area (Å²) in [5, 5.41) is 5.62. The Balaban J connectivity index is 2.65. The summed E-state index contributed by atoms with van der Waals surface area (Å²) in [7, 11) is 4.63. The van der Waals surface area contributed by atoms with Gasteiger partial charge in [0, 0.05) is 30.8 Å². The molecular weight excluding hydrogens is 375 g/mol. The molecule has 0 atom stereocenters. The van der Waals surface area contributed by atoms with E-state index in [9.17, 15) is 9.18 Å². The summed E-state index contributed by atoms with van der Waals surface area (Å²) in [4.78, 5) is 12.3. The molecule has 6 N–H and O–H groups in total. The highest BCUT2D eigenvalue weighted by atomic mass is 19.1. The summed E-state index contributed by atoms with van der Waals surface area (Å²) in [6.07, 6.45) is 0.772. The van der Waals surface area contributed by atoms with Crippen LogP contribution in [0.15, 0.2) is 36.0 Å². The van der Waals surface area contributed by atoms with Crippen molar-refractivity contribution in [2.75, 3.05) is 33.5 Å². The second kappa shape index (κ2) is 9.68. The molecule has 0 radical (unpaired) electrons. The number of nitrogen functional groups attached to an aromatic ring is 1. The van der Waals surface area contributed by atoms with Crippen molar-refractivity contribution in [1.29, 1.82) is 0 Å². The summed E-state index contributed by atoms with van der Waals surface area (Å²) in [5.74, 6) is 0.0355. The minimum atomic E-state index is -0.522. The van der Waals surface area contributed by atoms with Gasteiger partial charge in [-0.25, -0.2) is 4.39 Å². The van der Waals surface area contributed by atoms with Crippen LogP contribution in [0, 0.1) is 5.82 Å². The molecule has 0 aliphatic rings. The Bertz CT molecular complexity index is 906. The normalized spacial score (nSPS) is 11.5. The van der Waals surface area contributed by atoms with E-state index in [0.29, 0.717) is 34.9 Å². The molecule has 0 fully saturated rings. The van der Waals surface area contributed by atoms with Gasteiger partial charge in [-0.1, -0.05) is 6.92 Å². The second-order valence-corrected chi connectivity index (χ2v) is 6.28. The lowest BCUT2D eigenvalue weighted by molar-refractivity contribution is -0.117. The Hall–Kier alpha value is -3.42. The van der Waals surface area contributed by atoms with E-state index in [1.807, 2.05) is 6.92 Å². The van der Waals surface area contributed by atoms with Crippen LogP contribution >= 0.6 is 0 Å². The van der Waals surface area contributed by atoms with Gasteiger partial charge in [-0.05, 0) is 36.2 Å². The summed E-state index contributed by atoms with van der Waals surface area (Å²) in [5.41, 5.74) is 13.8. The molecule has 8 heteroatoms. The molecule has 7 nitrogen and oxygen atoms in total. The van der Waals surface area contributed by atoms with Crippen molar-refractivity contribution in [3.05, 3.63) is 47.4 Å². The first-order valence-electron chi connectivity index (χ1n) is 9.15. The number of halogens is 1. The molecule has 29 heavy (non-hydrogen) atoms. The molecule has 0 saturated heterocycles. The third-order valence-corrected chi connectivity index (χ3v) is 4.40. The number of hydrogen-bond acceptors (Lipinski definition) is 6. The fourth-order valence-corrected chi connectivity index (χ4v) is 2.92. The highest BCUT2D eigenvalue weighted by molar-refractivity contribution is 6.02. The minimum Gasteiger partial charge on any atom is -0.497 e. The van der Waals surface area contributed by atoms with Gasteiger partial charge in [0.05, 0.1) is 25.6 Å². The SMILES string of the molecule is CCCNC(=O)/C(N)=C(\NC)c1ccc(F)c(-c2cc(OC)cc(OC)c2)c1N. The van der Waals surface area contributed by atoms with Gasteiger partial charge < -0.3 is 31.6 Å². The fraction of sp³-hybridized carbons (Fsp3) is 0.286. The Labute approximate surface area is 169 Å². The third kappa shape index (κ3) is 4.71. The summed E-state index contributed by atoms with van der Waals surface area (Å²) >= 11 is 0. The number of ether oxygens (including phenoxy) is 2. The number of rotatable bonds is 8. The monoisotopic (exact) mass is 402 g/mol. The van der Waals surface area contributed by atoms with Crippen LogP contribution in [-0.4, -0.2) is 33.7 Å². The molecule has 2 aromatic carbocycles. The van der Waals surface area contributed by atoms with Crippen molar-refractivity contribution in [2.45, 2.75) is 13.3 Å². The lowest BCUT2D eigenvalue weighted by Crippen LogP contribution is -2.32. The molecule has 2 rings (SSSR count). The molecule has 0 spiro atoms. The highest BCUT2D eigenvalue weighted by Crippen LogP contribution is 2.38. The number of nitrogens with one attached hydrogen (secondary N) is 2. The van der Waals surface area contributed by atoms with Gasteiger partial charge in [0.2, 0.25) is 0 Å². The molecule has 0 unspecified atom stereocenters. The molecule has 0 bridgehead atoms. The molecular formula is C21H27FN4O3. The van der Waals surface area contributed by atoms with Crippen LogP contribution in [0.3, 0.4) is 0 Å². The smallest absolute Gasteiger partial charge is 0.269 e. The van der Waals surface area contributed by atoms with Crippen LogP contribution in [0.5, 0.6) is 11.5 Å². The molecule has 156 valence electrons. The maximum atomic E-state index is 14.8. The quantitative estimate of drug-likeness (QED) is 0.399. The number of carbonyl (C=O) groups excluding carboxylic acids is 1.